The fraction of sp³-hybridized carbons (Fsp3) is 0.357. The summed E-state index contributed by atoms with van der Waals surface area (Å²) in [6.45, 7) is 4.56. The summed E-state index contributed by atoms with van der Waals surface area (Å²) in [6.07, 6.45) is 0. The molecule has 0 aliphatic heterocycles. The van der Waals surface area contributed by atoms with Crippen LogP contribution in [0.3, 0.4) is 0 Å². The fourth-order valence-electron chi connectivity index (χ4n) is 2.04. The van der Waals surface area contributed by atoms with Crippen LogP contribution in [0.25, 0.3) is 10.9 Å². The van der Waals surface area contributed by atoms with Crippen LogP contribution in [0.1, 0.15) is 12.5 Å². The van der Waals surface area contributed by atoms with Gasteiger partial charge in [-0.2, -0.15) is 4.98 Å². The van der Waals surface area contributed by atoms with Crippen molar-refractivity contribution in [2.45, 2.75) is 13.8 Å². The Labute approximate surface area is 106 Å². The summed E-state index contributed by atoms with van der Waals surface area (Å²) in [5, 5.41) is 1.01. The minimum atomic E-state index is 0.605. The highest BCUT2D eigenvalue weighted by molar-refractivity contribution is 5.86. The maximum atomic E-state index is 5.51. The first-order valence-corrected chi connectivity index (χ1v) is 5.91. The van der Waals surface area contributed by atoms with Crippen LogP contribution in [0.4, 0.5) is 0 Å². The molecule has 0 unspecified atom stereocenters. The number of hydrogen-bond acceptors (Lipinski definition) is 3. The number of benzene rings is 1. The van der Waals surface area contributed by atoms with Crippen molar-refractivity contribution in [1.29, 1.82) is 0 Å². The second kappa shape index (κ2) is 5.12. The van der Waals surface area contributed by atoms with Gasteiger partial charge in [-0.05, 0) is 26.0 Å². The lowest BCUT2D eigenvalue weighted by Crippen LogP contribution is -2.12. The molecular formula is C14H18NO3+. The number of pyridine rings is 1. The predicted octanol–water partition coefficient (Wildman–Crippen LogP) is 2.38. The van der Waals surface area contributed by atoms with Crippen molar-refractivity contribution in [3.05, 3.63) is 23.8 Å². The first-order valence-electron chi connectivity index (χ1n) is 5.91. The van der Waals surface area contributed by atoms with Crippen LogP contribution in [-0.4, -0.2) is 20.8 Å². The third kappa shape index (κ3) is 2.06. The van der Waals surface area contributed by atoms with Gasteiger partial charge in [-0.15, -0.1) is 0 Å². The highest BCUT2D eigenvalue weighted by Crippen LogP contribution is 2.31. The standard InChI is InChI=1S/C14H17NO3/c1-5-18-13-8-12(17-4)10-6-7-11(16-3)9(2)14(10)15-13/h6-8H,5H2,1-4H3/p+1. The Bertz CT molecular complexity index is 566. The van der Waals surface area contributed by atoms with Crippen LogP contribution in [0.2, 0.25) is 0 Å². The topological polar surface area (TPSA) is 41.8 Å². The number of methoxy groups -OCH3 is 2. The molecule has 0 aliphatic carbocycles. The third-order valence-corrected chi connectivity index (χ3v) is 2.93. The number of rotatable bonds is 4. The molecule has 0 spiro atoms. The van der Waals surface area contributed by atoms with Crippen molar-refractivity contribution in [2.24, 2.45) is 0 Å². The summed E-state index contributed by atoms with van der Waals surface area (Å²) in [7, 11) is 3.32. The molecule has 0 saturated heterocycles. The maximum Gasteiger partial charge on any atom is 0.370 e. The first-order chi connectivity index (χ1) is 8.71. The number of hydrogen-bond donors (Lipinski definition) is 0. The highest BCUT2D eigenvalue weighted by Gasteiger charge is 2.17. The van der Waals surface area contributed by atoms with Crippen molar-refractivity contribution in [2.75, 3.05) is 20.8 Å². The molecule has 1 aromatic heterocycles. The monoisotopic (exact) mass is 248 g/mol. The Morgan fingerprint density at radius 1 is 1.11 bits per heavy atom. The van der Waals surface area contributed by atoms with Crippen molar-refractivity contribution < 1.29 is 19.2 Å². The van der Waals surface area contributed by atoms with E-state index in [2.05, 4.69) is 4.98 Å². The van der Waals surface area contributed by atoms with E-state index in [-0.39, 0.29) is 0 Å². The van der Waals surface area contributed by atoms with Gasteiger partial charge in [0.15, 0.2) is 0 Å². The maximum absolute atomic E-state index is 5.51. The highest BCUT2D eigenvalue weighted by atomic mass is 16.5. The van der Waals surface area contributed by atoms with Gasteiger partial charge in [0.25, 0.3) is 0 Å². The van der Waals surface area contributed by atoms with Crippen LogP contribution in [0.5, 0.6) is 17.4 Å². The minimum Gasteiger partial charge on any atom is -0.496 e. The van der Waals surface area contributed by atoms with Gasteiger partial charge in [0, 0.05) is 0 Å². The Morgan fingerprint density at radius 2 is 1.83 bits per heavy atom. The largest absolute Gasteiger partial charge is 0.496 e. The zero-order valence-corrected chi connectivity index (χ0v) is 11.2. The number of aromatic nitrogens is 1. The molecule has 0 radical (unpaired) electrons. The minimum absolute atomic E-state index is 0.605. The molecule has 2 rings (SSSR count). The van der Waals surface area contributed by atoms with Gasteiger partial charge in [-0.1, -0.05) is 0 Å². The van der Waals surface area contributed by atoms with Gasteiger partial charge < -0.3 is 14.2 Å². The van der Waals surface area contributed by atoms with Crippen LogP contribution in [0, 0.1) is 6.92 Å². The molecule has 0 amide bonds. The molecule has 1 aromatic carbocycles. The summed E-state index contributed by atoms with van der Waals surface area (Å²) in [6, 6.07) is 5.78. The lowest BCUT2D eigenvalue weighted by molar-refractivity contribution is -0.363. The van der Waals surface area contributed by atoms with E-state index in [0.717, 1.165) is 28.0 Å². The molecule has 4 nitrogen and oxygen atoms in total. The second-order valence-electron chi connectivity index (χ2n) is 3.95. The summed E-state index contributed by atoms with van der Waals surface area (Å²) >= 11 is 0. The van der Waals surface area contributed by atoms with E-state index in [1.54, 1.807) is 14.2 Å². The normalized spacial score (nSPS) is 10.4. The lowest BCUT2D eigenvalue weighted by atomic mass is 10.1. The van der Waals surface area contributed by atoms with Gasteiger partial charge in [-0.3, -0.25) is 0 Å². The average molecular weight is 248 g/mol. The Morgan fingerprint density at radius 3 is 2.44 bits per heavy atom. The van der Waals surface area contributed by atoms with Crippen molar-refractivity contribution in [3.63, 3.8) is 0 Å². The molecule has 96 valence electrons. The van der Waals surface area contributed by atoms with Crippen molar-refractivity contribution >= 4 is 10.9 Å². The number of aromatic amines is 1. The van der Waals surface area contributed by atoms with Crippen LogP contribution in [-0.2, 0) is 0 Å². The lowest BCUT2D eigenvalue weighted by Gasteiger charge is -2.08. The van der Waals surface area contributed by atoms with Crippen LogP contribution < -0.4 is 19.2 Å². The fourth-order valence-corrected chi connectivity index (χ4v) is 2.04. The summed E-state index contributed by atoms with van der Waals surface area (Å²) in [4.78, 5) is 3.26. The molecule has 0 bridgehead atoms. The predicted molar refractivity (Wildman–Crippen MR) is 69.5 cm³/mol. The molecule has 2 aromatic rings. The van der Waals surface area contributed by atoms with Gasteiger partial charge in [-0.25, -0.2) is 0 Å². The van der Waals surface area contributed by atoms with E-state index in [1.807, 2.05) is 32.0 Å². The Balaban J connectivity index is 2.71. The molecule has 0 atom stereocenters. The molecule has 4 heteroatoms. The molecular weight excluding hydrogens is 230 g/mol. The van der Waals surface area contributed by atoms with Crippen molar-refractivity contribution in [1.82, 2.24) is 0 Å². The van der Waals surface area contributed by atoms with E-state index in [4.69, 9.17) is 14.2 Å². The smallest absolute Gasteiger partial charge is 0.370 e. The van der Waals surface area contributed by atoms with E-state index < -0.39 is 0 Å². The molecule has 0 fully saturated rings. The van der Waals surface area contributed by atoms with Crippen molar-refractivity contribution in [3.8, 4) is 17.4 Å². The molecule has 0 saturated carbocycles. The van der Waals surface area contributed by atoms with E-state index in [9.17, 15) is 0 Å². The van der Waals surface area contributed by atoms with E-state index in [1.165, 1.54) is 0 Å². The van der Waals surface area contributed by atoms with E-state index in [0.29, 0.717) is 12.5 Å². The second-order valence-corrected chi connectivity index (χ2v) is 3.95. The third-order valence-electron chi connectivity index (χ3n) is 2.93. The molecule has 1 N–H and O–H groups in total. The SMILES string of the molecule is CCOc1cc(OC)c2ccc(OC)c(C)c2[nH+]1. The van der Waals surface area contributed by atoms with E-state index >= 15 is 0 Å². The summed E-state index contributed by atoms with van der Waals surface area (Å²) in [5.41, 5.74) is 2.01. The Hall–Kier alpha value is -1.97. The van der Waals surface area contributed by atoms with Gasteiger partial charge in [0.1, 0.15) is 11.5 Å². The van der Waals surface area contributed by atoms with Gasteiger partial charge in [0.05, 0.1) is 37.8 Å². The quantitative estimate of drug-likeness (QED) is 0.834. The number of fused-ring (bicyclic) bond motifs is 1. The average Bonchev–Trinajstić information content (AvgIpc) is 2.39. The van der Waals surface area contributed by atoms with Gasteiger partial charge >= 0.3 is 5.88 Å². The molecule has 1 heterocycles. The summed E-state index contributed by atoms with van der Waals surface area (Å²) in [5.74, 6) is 2.32. The Kier molecular flexibility index (Phi) is 3.55. The molecule has 0 aliphatic rings. The number of nitrogens with one attached hydrogen (secondary N) is 1. The zero-order chi connectivity index (χ0) is 13.1. The number of aryl methyl sites for hydroxylation is 1. The van der Waals surface area contributed by atoms with Gasteiger partial charge in [0.2, 0.25) is 5.52 Å². The van der Waals surface area contributed by atoms with Crippen LogP contribution >= 0.6 is 0 Å². The number of ether oxygens (including phenoxy) is 3. The molecule has 18 heavy (non-hydrogen) atoms. The zero-order valence-electron chi connectivity index (χ0n) is 11.2. The first kappa shape index (κ1) is 12.5. The summed E-state index contributed by atoms with van der Waals surface area (Å²) < 4.78 is 16.2. The van der Waals surface area contributed by atoms with Crippen LogP contribution in [0.15, 0.2) is 18.2 Å². The number of H-pyrrole nitrogens is 1.